The standard InChI is InChI=1S/C21H17NO4S/c23-21(24)19-12-11-18(17-9-5-2-6-10-17)15-20(19)22-27(25,26)14-13-16-7-3-1-4-8-16/h1-15,22H,(H,23,24). The van der Waals surface area contributed by atoms with Crippen LogP contribution in [0.3, 0.4) is 0 Å². The van der Waals surface area contributed by atoms with Crippen LogP contribution in [0.5, 0.6) is 0 Å². The van der Waals surface area contributed by atoms with Crippen molar-refractivity contribution in [2.75, 3.05) is 4.72 Å². The van der Waals surface area contributed by atoms with Gasteiger partial charge in [0.1, 0.15) is 0 Å². The third kappa shape index (κ3) is 4.83. The van der Waals surface area contributed by atoms with Crippen LogP contribution in [0.2, 0.25) is 0 Å². The monoisotopic (exact) mass is 379 g/mol. The smallest absolute Gasteiger partial charge is 0.337 e. The Balaban J connectivity index is 1.94. The van der Waals surface area contributed by atoms with E-state index in [0.29, 0.717) is 5.56 Å². The second-order valence-corrected chi connectivity index (χ2v) is 7.36. The van der Waals surface area contributed by atoms with Gasteiger partial charge in [-0.05, 0) is 34.9 Å². The Morgan fingerprint density at radius 3 is 2.11 bits per heavy atom. The molecule has 2 N–H and O–H groups in total. The van der Waals surface area contributed by atoms with Crippen molar-refractivity contribution in [1.29, 1.82) is 0 Å². The number of hydrogen-bond donors (Lipinski definition) is 2. The van der Waals surface area contributed by atoms with Crippen LogP contribution in [-0.2, 0) is 10.0 Å². The summed E-state index contributed by atoms with van der Waals surface area (Å²) in [5.74, 6) is -1.21. The Kier molecular flexibility index (Phi) is 5.38. The summed E-state index contributed by atoms with van der Waals surface area (Å²) >= 11 is 0. The number of rotatable bonds is 6. The van der Waals surface area contributed by atoms with Crippen molar-refractivity contribution in [3.8, 4) is 11.1 Å². The van der Waals surface area contributed by atoms with Gasteiger partial charge in [0.2, 0.25) is 0 Å². The van der Waals surface area contributed by atoms with Crippen LogP contribution in [0, 0.1) is 0 Å². The summed E-state index contributed by atoms with van der Waals surface area (Å²) in [6.07, 6.45) is 1.45. The molecule has 136 valence electrons. The van der Waals surface area contributed by atoms with Gasteiger partial charge in [0.15, 0.2) is 0 Å². The predicted octanol–water partition coefficient (Wildman–Crippen LogP) is 4.46. The Morgan fingerprint density at radius 2 is 1.48 bits per heavy atom. The minimum absolute atomic E-state index is 0.0153. The molecule has 0 aliphatic heterocycles. The number of anilines is 1. The highest BCUT2D eigenvalue weighted by Crippen LogP contribution is 2.27. The normalized spacial score (nSPS) is 11.4. The van der Waals surface area contributed by atoms with Crippen LogP contribution in [-0.4, -0.2) is 19.5 Å². The van der Waals surface area contributed by atoms with Gasteiger partial charge in [0.25, 0.3) is 10.0 Å². The summed E-state index contributed by atoms with van der Waals surface area (Å²) in [5, 5.41) is 10.4. The summed E-state index contributed by atoms with van der Waals surface area (Å²) < 4.78 is 27.2. The molecule has 0 bridgehead atoms. The van der Waals surface area contributed by atoms with E-state index in [4.69, 9.17) is 0 Å². The molecule has 3 aromatic carbocycles. The summed E-state index contributed by atoms with van der Waals surface area (Å²) in [4.78, 5) is 11.5. The minimum Gasteiger partial charge on any atom is -0.478 e. The lowest BCUT2D eigenvalue weighted by Gasteiger charge is -2.11. The largest absolute Gasteiger partial charge is 0.478 e. The van der Waals surface area contributed by atoms with E-state index in [0.717, 1.165) is 16.5 Å². The van der Waals surface area contributed by atoms with Crippen molar-refractivity contribution in [2.24, 2.45) is 0 Å². The first-order chi connectivity index (χ1) is 12.9. The second-order valence-electron chi connectivity index (χ2n) is 5.79. The first-order valence-electron chi connectivity index (χ1n) is 8.13. The summed E-state index contributed by atoms with van der Waals surface area (Å²) in [7, 11) is -3.88. The van der Waals surface area contributed by atoms with Crippen molar-refractivity contribution in [1.82, 2.24) is 0 Å². The maximum absolute atomic E-state index is 12.4. The fraction of sp³-hybridized carbons (Fsp3) is 0. The predicted molar refractivity (Wildman–Crippen MR) is 107 cm³/mol. The van der Waals surface area contributed by atoms with Crippen LogP contribution in [0.15, 0.2) is 84.3 Å². The lowest BCUT2D eigenvalue weighted by atomic mass is 10.0. The van der Waals surface area contributed by atoms with Crippen molar-refractivity contribution >= 4 is 27.8 Å². The molecule has 3 aromatic rings. The lowest BCUT2D eigenvalue weighted by molar-refractivity contribution is 0.0698. The second kappa shape index (κ2) is 7.88. The van der Waals surface area contributed by atoms with E-state index < -0.39 is 16.0 Å². The topological polar surface area (TPSA) is 83.5 Å². The first-order valence-corrected chi connectivity index (χ1v) is 9.68. The third-order valence-corrected chi connectivity index (χ3v) is 4.85. The number of benzene rings is 3. The first kappa shape index (κ1) is 18.4. The summed E-state index contributed by atoms with van der Waals surface area (Å²) in [6.45, 7) is 0. The van der Waals surface area contributed by atoms with Crippen molar-refractivity contribution in [3.05, 3.63) is 95.4 Å². The zero-order valence-corrected chi connectivity index (χ0v) is 15.1. The zero-order chi connectivity index (χ0) is 19.3. The van der Waals surface area contributed by atoms with Gasteiger partial charge in [0.05, 0.1) is 16.7 Å². The molecule has 0 fully saturated rings. The molecule has 3 rings (SSSR count). The van der Waals surface area contributed by atoms with E-state index in [-0.39, 0.29) is 11.3 Å². The number of sulfonamides is 1. The van der Waals surface area contributed by atoms with E-state index in [1.807, 2.05) is 36.4 Å². The van der Waals surface area contributed by atoms with Gasteiger partial charge in [0, 0.05) is 0 Å². The van der Waals surface area contributed by atoms with Gasteiger partial charge in [-0.25, -0.2) is 13.2 Å². The molecule has 5 nitrogen and oxygen atoms in total. The maximum Gasteiger partial charge on any atom is 0.337 e. The van der Waals surface area contributed by atoms with Crippen LogP contribution < -0.4 is 4.72 Å². The average molecular weight is 379 g/mol. The van der Waals surface area contributed by atoms with E-state index in [1.165, 1.54) is 18.2 Å². The number of aromatic carboxylic acids is 1. The van der Waals surface area contributed by atoms with E-state index in [2.05, 4.69) is 4.72 Å². The number of nitrogens with one attached hydrogen (secondary N) is 1. The van der Waals surface area contributed by atoms with E-state index in [1.54, 1.807) is 30.3 Å². The highest BCUT2D eigenvalue weighted by atomic mass is 32.2. The molecule has 0 aliphatic rings. The molecule has 0 heterocycles. The quantitative estimate of drug-likeness (QED) is 0.662. The van der Waals surface area contributed by atoms with Gasteiger partial charge in [-0.3, -0.25) is 4.72 Å². The van der Waals surface area contributed by atoms with Crippen molar-refractivity contribution in [2.45, 2.75) is 0 Å². The Bertz CT molecular complexity index is 1080. The third-order valence-electron chi connectivity index (χ3n) is 3.85. The molecule has 0 aliphatic carbocycles. The van der Waals surface area contributed by atoms with E-state index >= 15 is 0 Å². The number of carboxylic acid groups (broad SMARTS) is 1. The summed E-state index contributed by atoms with van der Waals surface area (Å²) in [6, 6.07) is 22.8. The molecular weight excluding hydrogens is 362 g/mol. The Hall–Kier alpha value is -3.38. The van der Waals surface area contributed by atoms with E-state index in [9.17, 15) is 18.3 Å². The molecule has 0 atom stereocenters. The summed E-state index contributed by atoms with van der Waals surface area (Å²) in [5.41, 5.74) is 2.19. The molecule has 0 saturated heterocycles. The molecule has 27 heavy (non-hydrogen) atoms. The molecule has 0 amide bonds. The van der Waals surface area contributed by atoms with Gasteiger partial charge >= 0.3 is 5.97 Å². The molecule has 0 saturated carbocycles. The minimum atomic E-state index is -3.88. The highest BCUT2D eigenvalue weighted by Gasteiger charge is 2.15. The van der Waals surface area contributed by atoms with Gasteiger partial charge in [-0.15, -0.1) is 0 Å². The maximum atomic E-state index is 12.4. The van der Waals surface area contributed by atoms with Gasteiger partial charge in [-0.1, -0.05) is 66.7 Å². The van der Waals surface area contributed by atoms with Crippen LogP contribution in [0.4, 0.5) is 5.69 Å². The van der Waals surface area contributed by atoms with Crippen LogP contribution >= 0.6 is 0 Å². The van der Waals surface area contributed by atoms with Gasteiger partial charge < -0.3 is 5.11 Å². The molecular formula is C21H17NO4S. The molecule has 0 aromatic heterocycles. The molecule has 0 radical (unpaired) electrons. The van der Waals surface area contributed by atoms with Crippen LogP contribution in [0.1, 0.15) is 15.9 Å². The van der Waals surface area contributed by atoms with Crippen molar-refractivity contribution in [3.63, 3.8) is 0 Å². The van der Waals surface area contributed by atoms with Gasteiger partial charge in [-0.2, -0.15) is 0 Å². The Morgan fingerprint density at radius 1 is 0.852 bits per heavy atom. The fourth-order valence-corrected chi connectivity index (χ4v) is 3.42. The van der Waals surface area contributed by atoms with Crippen LogP contribution in [0.25, 0.3) is 17.2 Å². The zero-order valence-electron chi connectivity index (χ0n) is 14.2. The molecule has 0 unspecified atom stereocenters. The molecule has 6 heteroatoms. The highest BCUT2D eigenvalue weighted by molar-refractivity contribution is 7.95. The number of hydrogen-bond acceptors (Lipinski definition) is 3. The SMILES string of the molecule is O=C(O)c1ccc(-c2ccccc2)cc1NS(=O)(=O)C=Cc1ccccc1. The lowest BCUT2D eigenvalue weighted by Crippen LogP contribution is -2.12. The molecule has 0 spiro atoms. The average Bonchev–Trinajstić information content (AvgIpc) is 2.67. The van der Waals surface area contributed by atoms with Crippen molar-refractivity contribution < 1.29 is 18.3 Å². The number of carboxylic acids is 1. The number of carbonyl (C=O) groups is 1. The fourth-order valence-electron chi connectivity index (χ4n) is 2.54. The Labute approximate surface area is 157 Å².